The highest BCUT2D eigenvalue weighted by Crippen LogP contribution is 1.98. The number of hydrogen-bond donors (Lipinski definition) is 4. The number of aryl methyl sites for hydroxylation is 1. The number of carboxylic acid groups (broad SMARTS) is 1. The third-order valence-corrected chi connectivity index (χ3v) is 1.96. The van der Waals surface area contributed by atoms with Crippen LogP contribution in [0.2, 0.25) is 0 Å². The number of aromatic nitrogens is 3. The van der Waals surface area contributed by atoms with Gasteiger partial charge in [-0.25, -0.2) is 14.3 Å². The Hall–Kier alpha value is -2.16. The SMILES string of the molecule is Cn1ncnc1NC(=O)NC(CCO)C(=O)O. The molecule has 1 aromatic heterocycles. The van der Waals surface area contributed by atoms with E-state index in [1.165, 1.54) is 11.0 Å². The molecule has 17 heavy (non-hydrogen) atoms. The number of aliphatic carboxylic acids is 1. The van der Waals surface area contributed by atoms with Crippen molar-refractivity contribution < 1.29 is 19.8 Å². The Morgan fingerprint density at radius 3 is 2.76 bits per heavy atom. The lowest BCUT2D eigenvalue weighted by molar-refractivity contribution is -0.139. The average molecular weight is 243 g/mol. The summed E-state index contributed by atoms with van der Waals surface area (Å²) in [4.78, 5) is 25.8. The molecule has 0 fully saturated rings. The molecule has 0 radical (unpaired) electrons. The minimum Gasteiger partial charge on any atom is -0.480 e. The van der Waals surface area contributed by atoms with Crippen LogP contribution >= 0.6 is 0 Å². The number of carbonyl (C=O) groups is 2. The molecule has 1 rings (SSSR count). The van der Waals surface area contributed by atoms with Crippen LogP contribution in [0.3, 0.4) is 0 Å². The Bertz CT molecular complexity index is 404. The van der Waals surface area contributed by atoms with Crippen molar-refractivity contribution in [2.75, 3.05) is 11.9 Å². The van der Waals surface area contributed by atoms with Gasteiger partial charge in [-0.1, -0.05) is 0 Å². The summed E-state index contributed by atoms with van der Waals surface area (Å²) in [5, 5.41) is 25.6. The fraction of sp³-hybridized carbons (Fsp3) is 0.500. The summed E-state index contributed by atoms with van der Waals surface area (Å²) in [6.45, 7) is -0.332. The molecular weight excluding hydrogens is 230 g/mol. The third kappa shape index (κ3) is 3.72. The third-order valence-electron chi connectivity index (χ3n) is 1.96. The maximum atomic E-state index is 11.4. The van der Waals surface area contributed by atoms with E-state index in [0.29, 0.717) is 0 Å². The van der Waals surface area contributed by atoms with Gasteiger partial charge in [0.1, 0.15) is 12.4 Å². The number of rotatable bonds is 5. The Morgan fingerprint density at radius 1 is 1.59 bits per heavy atom. The van der Waals surface area contributed by atoms with E-state index in [4.69, 9.17) is 10.2 Å². The van der Waals surface area contributed by atoms with Crippen LogP contribution in [-0.2, 0) is 11.8 Å². The molecule has 1 heterocycles. The monoisotopic (exact) mass is 243 g/mol. The molecule has 1 unspecified atom stereocenters. The summed E-state index contributed by atoms with van der Waals surface area (Å²) >= 11 is 0. The number of aliphatic hydroxyl groups is 1. The minimum atomic E-state index is -1.22. The van der Waals surface area contributed by atoms with Crippen molar-refractivity contribution in [1.29, 1.82) is 0 Å². The van der Waals surface area contributed by atoms with E-state index in [0.717, 1.165) is 0 Å². The number of amides is 2. The van der Waals surface area contributed by atoms with Crippen LogP contribution in [0, 0.1) is 0 Å². The lowest BCUT2D eigenvalue weighted by Gasteiger charge is -2.13. The van der Waals surface area contributed by atoms with Crippen LogP contribution in [0.1, 0.15) is 6.42 Å². The zero-order valence-corrected chi connectivity index (χ0v) is 9.12. The highest BCUT2D eigenvalue weighted by atomic mass is 16.4. The average Bonchev–Trinajstić information content (AvgIpc) is 2.63. The van der Waals surface area contributed by atoms with Gasteiger partial charge in [0.15, 0.2) is 0 Å². The van der Waals surface area contributed by atoms with Gasteiger partial charge in [-0.3, -0.25) is 5.32 Å². The van der Waals surface area contributed by atoms with Crippen molar-refractivity contribution in [2.24, 2.45) is 7.05 Å². The number of nitrogens with zero attached hydrogens (tertiary/aromatic N) is 3. The number of carbonyl (C=O) groups excluding carboxylic acids is 1. The van der Waals surface area contributed by atoms with Gasteiger partial charge in [0.2, 0.25) is 5.95 Å². The van der Waals surface area contributed by atoms with Gasteiger partial charge in [-0.15, -0.1) is 0 Å². The first-order valence-electron chi connectivity index (χ1n) is 4.79. The van der Waals surface area contributed by atoms with Crippen LogP contribution in [0.15, 0.2) is 6.33 Å². The molecule has 0 spiro atoms. The Balaban J connectivity index is 2.53. The fourth-order valence-corrected chi connectivity index (χ4v) is 1.09. The largest absolute Gasteiger partial charge is 0.480 e. The zero-order valence-electron chi connectivity index (χ0n) is 9.12. The zero-order chi connectivity index (χ0) is 12.8. The van der Waals surface area contributed by atoms with Gasteiger partial charge >= 0.3 is 12.0 Å². The van der Waals surface area contributed by atoms with Crippen molar-refractivity contribution in [1.82, 2.24) is 20.1 Å². The molecule has 1 aromatic rings. The lowest BCUT2D eigenvalue weighted by atomic mass is 10.2. The summed E-state index contributed by atoms with van der Waals surface area (Å²) < 4.78 is 1.32. The second-order valence-corrected chi connectivity index (χ2v) is 3.21. The van der Waals surface area contributed by atoms with Gasteiger partial charge < -0.3 is 15.5 Å². The summed E-state index contributed by atoms with van der Waals surface area (Å²) in [5.41, 5.74) is 0. The standard InChI is InChI=1S/C8H13N5O4/c1-13-7(9-4-10-13)12-8(17)11-5(2-3-14)6(15)16/h4-5,14H,2-3H2,1H3,(H,15,16)(H2,9,10,11,12,17). The molecule has 9 nitrogen and oxygen atoms in total. The van der Waals surface area contributed by atoms with Crippen molar-refractivity contribution in [2.45, 2.75) is 12.5 Å². The number of hydrogen-bond acceptors (Lipinski definition) is 5. The van der Waals surface area contributed by atoms with Crippen molar-refractivity contribution in [3.63, 3.8) is 0 Å². The number of nitrogens with one attached hydrogen (secondary N) is 2. The van der Waals surface area contributed by atoms with E-state index in [2.05, 4.69) is 20.7 Å². The topological polar surface area (TPSA) is 129 Å². The minimum absolute atomic E-state index is 0.0679. The molecule has 0 aliphatic carbocycles. The van der Waals surface area contributed by atoms with E-state index in [9.17, 15) is 9.59 Å². The Kier molecular flexibility index (Phi) is 4.40. The van der Waals surface area contributed by atoms with E-state index >= 15 is 0 Å². The Morgan fingerprint density at radius 2 is 2.29 bits per heavy atom. The first-order valence-corrected chi connectivity index (χ1v) is 4.79. The maximum Gasteiger partial charge on any atom is 0.326 e. The molecule has 0 aromatic carbocycles. The molecular formula is C8H13N5O4. The van der Waals surface area contributed by atoms with Gasteiger partial charge in [0.25, 0.3) is 0 Å². The van der Waals surface area contributed by atoms with Crippen molar-refractivity contribution in [3.05, 3.63) is 6.33 Å². The van der Waals surface area contributed by atoms with Gasteiger partial charge in [-0.05, 0) is 0 Å². The van der Waals surface area contributed by atoms with Crippen LogP contribution in [-0.4, -0.2) is 49.6 Å². The van der Waals surface area contributed by atoms with E-state index in [1.807, 2.05) is 0 Å². The molecule has 0 aliphatic rings. The first-order chi connectivity index (χ1) is 8.04. The highest BCUT2D eigenvalue weighted by molar-refractivity contribution is 5.90. The van der Waals surface area contributed by atoms with Crippen LogP contribution in [0.25, 0.3) is 0 Å². The fourth-order valence-electron chi connectivity index (χ4n) is 1.09. The molecule has 94 valence electrons. The lowest BCUT2D eigenvalue weighted by Crippen LogP contribution is -2.43. The number of urea groups is 1. The predicted octanol–water partition coefficient (Wildman–Crippen LogP) is -1.23. The molecule has 0 bridgehead atoms. The molecule has 9 heteroatoms. The van der Waals surface area contributed by atoms with Crippen LogP contribution < -0.4 is 10.6 Å². The summed E-state index contributed by atoms with van der Waals surface area (Å²) in [5.74, 6) is -1.03. The summed E-state index contributed by atoms with van der Waals surface area (Å²) in [6.07, 6.45) is 1.18. The van der Waals surface area contributed by atoms with Crippen molar-refractivity contribution >= 4 is 17.9 Å². The first kappa shape index (κ1) is 12.9. The second-order valence-electron chi connectivity index (χ2n) is 3.21. The van der Waals surface area contributed by atoms with E-state index < -0.39 is 18.0 Å². The van der Waals surface area contributed by atoms with Crippen LogP contribution in [0.4, 0.5) is 10.7 Å². The smallest absolute Gasteiger partial charge is 0.326 e. The number of aliphatic hydroxyl groups excluding tert-OH is 1. The summed E-state index contributed by atoms with van der Waals surface area (Å²) in [7, 11) is 1.57. The van der Waals surface area contributed by atoms with Gasteiger partial charge in [0, 0.05) is 20.1 Å². The van der Waals surface area contributed by atoms with Gasteiger partial charge in [-0.2, -0.15) is 10.1 Å². The molecule has 1 atom stereocenters. The maximum absolute atomic E-state index is 11.4. The predicted molar refractivity (Wildman–Crippen MR) is 56.3 cm³/mol. The molecule has 2 amide bonds. The Labute approximate surface area is 96.5 Å². The molecule has 0 saturated carbocycles. The molecule has 0 aliphatic heterocycles. The van der Waals surface area contributed by atoms with E-state index in [1.54, 1.807) is 7.05 Å². The van der Waals surface area contributed by atoms with E-state index in [-0.39, 0.29) is 19.0 Å². The van der Waals surface area contributed by atoms with Crippen LogP contribution in [0.5, 0.6) is 0 Å². The number of anilines is 1. The summed E-state index contributed by atoms with van der Waals surface area (Å²) in [6, 6.07) is -1.87. The second kappa shape index (κ2) is 5.80. The normalized spacial score (nSPS) is 11.9. The molecule has 4 N–H and O–H groups in total. The van der Waals surface area contributed by atoms with Crippen molar-refractivity contribution in [3.8, 4) is 0 Å². The highest BCUT2D eigenvalue weighted by Gasteiger charge is 2.19. The number of carboxylic acids is 1. The van der Waals surface area contributed by atoms with Gasteiger partial charge in [0.05, 0.1) is 0 Å². The quantitative estimate of drug-likeness (QED) is 0.512. The molecule has 0 saturated heterocycles.